The highest BCUT2D eigenvalue weighted by molar-refractivity contribution is 5.90. The van der Waals surface area contributed by atoms with Crippen LogP contribution in [0.3, 0.4) is 0 Å². The molecule has 0 bridgehead atoms. The minimum atomic E-state index is -1.02. The molecule has 7 N–H and O–H groups in total. The number of unbranched alkanes of at least 4 members (excludes halogenated alkanes) is 3. The van der Waals surface area contributed by atoms with Gasteiger partial charge in [-0.25, -0.2) is 0 Å². The van der Waals surface area contributed by atoms with Crippen molar-refractivity contribution < 1.29 is 53.3 Å². The summed E-state index contributed by atoms with van der Waals surface area (Å²) in [6.07, 6.45) is 7.62. The van der Waals surface area contributed by atoms with Gasteiger partial charge < -0.3 is 51.2 Å². The third-order valence-electron chi connectivity index (χ3n) is 15.1. The molecule has 422 valence electrons. The number of aromatic hydroxyl groups is 1. The predicted octanol–water partition coefficient (Wildman–Crippen LogP) is 4.72. The number of carboxylic acids is 1. The van der Waals surface area contributed by atoms with Crippen LogP contribution in [0.2, 0.25) is 0 Å². The number of carbonyl (C=O) groups excluding carboxylic acids is 5. The van der Waals surface area contributed by atoms with Gasteiger partial charge in [-0.3, -0.25) is 38.5 Å². The van der Waals surface area contributed by atoms with Crippen LogP contribution in [-0.2, 0) is 49.5 Å². The van der Waals surface area contributed by atoms with Crippen LogP contribution in [0.4, 0.5) is 0 Å². The number of nitrogens with one attached hydrogen (secondary N) is 3. The predicted molar refractivity (Wildman–Crippen MR) is 286 cm³/mol. The zero-order chi connectivity index (χ0) is 55.1. The SMILES string of the molecule is CCC(C)C(C(CC(=O)N1CCCC1C(OC)C(C)C(=O)NC(Cc1ccc(O)cc1)CN1CCCCO1)OC)N(C)C(=O)C(NC(=O)C(C(C)C)N(C)CCCCCC(=O)NCCCCC(N)C(=O)O)C(C)C. The second-order valence-corrected chi connectivity index (χ2v) is 21.6. The number of likely N-dealkylation sites (N-methyl/N-ethyl adjacent to an activating group) is 2. The maximum atomic E-state index is 14.7. The molecule has 0 saturated carbocycles. The van der Waals surface area contributed by atoms with Gasteiger partial charge in [0.1, 0.15) is 17.8 Å². The molecule has 0 spiro atoms. The van der Waals surface area contributed by atoms with E-state index < -0.39 is 48.3 Å². The third kappa shape index (κ3) is 20.3. The van der Waals surface area contributed by atoms with Gasteiger partial charge in [0.2, 0.25) is 29.5 Å². The largest absolute Gasteiger partial charge is 0.508 e. The number of rotatable bonds is 34. The Kier molecular flexibility index (Phi) is 28.4. The summed E-state index contributed by atoms with van der Waals surface area (Å²) in [7, 11) is 6.78. The number of carbonyl (C=O) groups is 6. The molecule has 1 aromatic rings. The number of amides is 5. The summed E-state index contributed by atoms with van der Waals surface area (Å²) in [5.74, 6) is -2.76. The molecule has 2 aliphatic rings. The molecule has 0 radical (unpaired) electrons. The molecule has 19 heteroatoms. The Morgan fingerprint density at radius 3 is 2.16 bits per heavy atom. The molecule has 2 saturated heterocycles. The van der Waals surface area contributed by atoms with Crippen molar-refractivity contribution in [1.29, 1.82) is 0 Å². The van der Waals surface area contributed by atoms with Crippen LogP contribution in [0.15, 0.2) is 24.3 Å². The van der Waals surface area contributed by atoms with Gasteiger partial charge in [-0.15, -0.1) is 0 Å². The summed E-state index contributed by atoms with van der Waals surface area (Å²) in [4.78, 5) is 92.2. The lowest BCUT2D eigenvalue weighted by Crippen LogP contribution is -2.60. The minimum absolute atomic E-state index is 0.00343. The number of phenolic OH excluding ortho intramolecular Hbond substituents is 1. The minimum Gasteiger partial charge on any atom is -0.508 e. The molecule has 0 aliphatic carbocycles. The maximum absolute atomic E-state index is 14.7. The lowest BCUT2D eigenvalue weighted by molar-refractivity contribution is -0.184. The number of benzene rings is 1. The van der Waals surface area contributed by atoms with E-state index in [-0.39, 0.29) is 71.5 Å². The first-order valence-corrected chi connectivity index (χ1v) is 27.5. The van der Waals surface area contributed by atoms with Gasteiger partial charge in [-0.2, -0.15) is 5.06 Å². The first-order valence-electron chi connectivity index (χ1n) is 27.5. The van der Waals surface area contributed by atoms with Crippen molar-refractivity contribution in [2.45, 2.75) is 187 Å². The van der Waals surface area contributed by atoms with Crippen LogP contribution in [0.1, 0.15) is 138 Å². The Morgan fingerprint density at radius 2 is 1.57 bits per heavy atom. The Bertz CT molecular complexity index is 1870. The number of hydrogen-bond donors (Lipinski definition) is 6. The van der Waals surface area contributed by atoms with E-state index >= 15 is 0 Å². The number of likely N-dealkylation sites (tertiary alicyclic amines) is 1. The van der Waals surface area contributed by atoms with Crippen LogP contribution >= 0.6 is 0 Å². The van der Waals surface area contributed by atoms with Crippen molar-refractivity contribution in [1.82, 2.24) is 35.7 Å². The lowest BCUT2D eigenvalue weighted by atomic mass is 9.89. The number of nitrogens with two attached hydrogens (primary N) is 1. The van der Waals surface area contributed by atoms with Gasteiger partial charge in [0.15, 0.2) is 0 Å². The molecular weight excluding hydrogens is 949 g/mol. The Hall–Kier alpha value is -4.40. The van der Waals surface area contributed by atoms with Crippen molar-refractivity contribution in [3.05, 3.63) is 29.8 Å². The van der Waals surface area contributed by atoms with Crippen LogP contribution in [0.25, 0.3) is 0 Å². The van der Waals surface area contributed by atoms with E-state index in [2.05, 4.69) is 16.0 Å². The molecule has 74 heavy (non-hydrogen) atoms. The Labute approximate surface area is 442 Å². The number of carboxylic acid groups (broad SMARTS) is 1. The average Bonchev–Trinajstić information content (AvgIpc) is 3.85. The van der Waals surface area contributed by atoms with E-state index in [0.717, 1.165) is 44.2 Å². The summed E-state index contributed by atoms with van der Waals surface area (Å²) in [6, 6.07) is 3.57. The van der Waals surface area contributed by atoms with Gasteiger partial charge in [-0.1, -0.05) is 73.4 Å². The molecule has 5 amide bonds. The van der Waals surface area contributed by atoms with Crippen molar-refractivity contribution in [3.63, 3.8) is 0 Å². The van der Waals surface area contributed by atoms with E-state index in [1.165, 1.54) is 0 Å². The summed E-state index contributed by atoms with van der Waals surface area (Å²) < 4.78 is 12.2. The third-order valence-corrected chi connectivity index (χ3v) is 15.1. The van der Waals surface area contributed by atoms with E-state index in [1.54, 1.807) is 38.3 Å². The Morgan fingerprint density at radius 1 is 0.865 bits per heavy atom. The molecule has 10 unspecified atom stereocenters. The van der Waals surface area contributed by atoms with Crippen molar-refractivity contribution in [3.8, 4) is 5.75 Å². The fraction of sp³-hybridized carbons (Fsp3) is 0.782. The van der Waals surface area contributed by atoms with Gasteiger partial charge >= 0.3 is 5.97 Å². The van der Waals surface area contributed by atoms with Crippen LogP contribution in [-0.4, -0.2) is 182 Å². The highest BCUT2D eigenvalue weighted by Crippen LogP contribution is 2.30. The number of nitrogens with zero attached hydrogens (tertiary/aromatic N) is 4. The number of aliphatic carboxylic acids is 1. The van der Waals surface area contributed by atoms with Gasteiger partial charge in [0.05, 0.1) is 49.3 Å². The summed E-state index contributed by atoms with van der Waals surface area (Å²) in [5.41, 5.74) is 6.51. The maximum Gasteiger partial charge on any atom is 0.320 e. The summed E-state index contributed by atoms with van der Waals surface area (Å²) >= 11 is 0. The fourth-order valence-corrected chi connectivity index (χ4v) is 10.6. The van der Waals surface area contributed by atoms with E-state index in [0.29, 0.717) is 84.2 Å². The second-order valence-electron chi connectivity index (χ2n) is 21.6. The highest BCUT2D eigenvalue weighted by atomic mass is 16.7. The molecule has 2 aliphatic heterocycles. The van der Waals surface area contributed by atoms with Gasteiger partial charge in [-0.05, 0) is 113 Å². The van der Waals surface area contributed by atoms with Gasteiger partial charge in [0, 0.05) is 59.9 Å². The molecule has 10 atom stereocenters. The zero-order valence-corrected chi connectivity index (χ0v) is 46.8. The van der Waals surface area contributed by atoms with Crippen LogP contribution < -0.4 is 21.7 Å². The number of phenols is 1. The topological polar surface area (TPSA) is 246 Å². The van der Waals surface area contributed by atoms with E-state index in [4.69, 9.17) is 25.2 Å². The number of hydrogen-bond acceptors (Lipinski definition) is 13. The molecular formula is C55H96N8O11. The molecule has 3 rings (SSSR count). The second kappa shape index (κ2) is 32.9. The van der Waals surface area contributed by atoms with Gasteiger partial charge in [0.25, 0.3) is 0 Å². The quantitative estimate of drug-likeness (QED) is 0.0512. The van der Waals surface area contributed by atoms with Crippen LogP contribution in [0, 0.1) is 23.7 Å². The number of ether oxygens (including phenoxy) is 2. The normalized spacial score (nSPS) is 19.0. The first kappa shape index (κ1) is 63.9. The number of methoxy groups -OCH3 is 2. The van der Waals surface area contributed by atoms with Crippen LogP contribution in [0.5, 0.6) is 5.75 Å². The van der Waals surface area contributed by atoms with E-state index in [9.17, 15) is 33.9 Å². The number of hydroxylamine groups is 2. The molecule has 2 fully saturated rings. The molecule has 1 aromatic carbocycles. The standard InChI is InChI=1S/C55H96N8O11/c1-12-38(6)50(61(9)54(69)48(36(2)3)59-53(68)49(37(4)5)60(8)29-17-13-14-23-46(65)57-28-16-15-21-43(56)55(70)71)45(72-10)34-47(66)63-31-20-22-44(63)51(73-11)39(7)52(67)58-41(35-62-30-18-19-32-74-62)33-40-24-26-42(64)27-25-40/h24-27,36-39,41,43-45,48-51,64H,12-23,28-35,56H2,1-11H3,(H,57,65)(H,58,67)(H,59,68)(H,70,71). The van der Waals surface area contributed by atoms with Crippen molar-refractivity contribution in [2.75, 3.05) is 67.6 Å². The summed E-state index contributed by atoms with van der Waals surface area (Å²) in [5, 5.41) is 30.0. The zero-order valence-electron chi connectivity index (χ0n) is 46.8. The summed E-state index contributed by atoms with van der Waals surface area (Å²) in [6.45, 7) is 17.2. The Balaban J connectivity index is 1.66. The average molecular weight is 1050 g/mol. The molecule has 19 nitrogen and oxygen atoms in total. The van der Waals surface area contributed by atoms with Crippen molar-refractivity contribution >= 4 is 35.5 Å². The first-order chi connectivity index (χ1) is 35.1. The fourth-order valence-electron chi connectivity index (χ4n) is 10.6. The smallest absolute Gasteiger partial charge is 0.320 e. The van der Waals surface area contributed by atoms with Crippen molar-refractivity contribution in [2.24, 2.45) is 29.4 Å². The molecule has 2 heterocycles. The molecule has 0 aromatic heterocycles. The highest BCUT2D eigenvalue weighted by Gasteiger charge is 2.43. The van der Waals surface area contributed by atoms with E-state index in [1.807, 2.05) is 82.5 Å². The lowest BCUT2D eigenvalue weighted by Gasteiger charge is -2.41. The monoisotopic (exact) mass is 1040 g/mol.